The highest BCUT2D eigenvalue weighted by molar-refractivity contribution is 7.13. The summed E-state index contributed by atoms with van der Waals surface area (Å²) in [6.45, 7) is 14.4. The van der Waals surface area contributed by atoms with Gasteiger partial charge in [-0.15, -0.1) is 11.3 Å². The Hall–Kier alpha value is -7.84. The molecule has 3 saturated heterocycles. The number of hydrogen-bond donors (Lipinski definition) is 6. The smallest absolute Gasteiger partial charge is 0.391 e. The highest BCUT2D eigenvalue weighted by Gasteiger charge is 2.45. The maximum Gasteiger partial charge on any atom is 0.417 e. The molecule has 1 unspecified atom stereocenters. The number of unbranched alkanes of at least 4 members (excludes halogenated alkanes) is 4. The van der Waals surface area contributed by atoms with E-state index in [0.717, 1.165) is 41.0 Å². The van der Waals surface area contributed by atoms with Crippen molar-refractivity contribution in [2.75, 3.05) is 74.5 Å². The number of aliphatic hydroxyl groups excluding tert-OH is 1. The van der Waals surface area contributed by atoms with Crippen LogP contribution in [-0.2, 0) is 36.7 Å². The quantitative estimate of drug-likeness (QED) is 0.0305. The summed E-state index contributed by atoms with van der Waals surface area (Å²) in [6.07, 6.45) is 1.60. The van der Waals surface area contributed by atoms with Crippen molar-refractivity contribution in [3.05, 3.63) is 105 Å². The topological polar surface area (TPSA) is 258 Å². The molecule has 21 nitrogen and oxygen atoms in total. The van der Waals surface area contributed by atoms with E-state index in [1.165, 1.54) is 29.4 Å². The predicted octanol–water partition coefficient (Wildman–Crippen LogP) is 6.90. The van der Waals surface area contributed by atoms with Crippen LogP contribution in [0, 0.1) is 18.2 Å². The van der Waals surface area contributed by atoms with Crippen LogP contribution in [0.25, 0.3) is 21.6 Å². The van der Waals surface area contributed by atoms with Crippen LogP contribution in [-0.4, -0.2) is 165 Å². The van der Waals surface area contributed by atoms with Crippen LogP contribution >= 0.6 is 11.3 Å². The van der Waals surface area contributed by atoms with E-state index < -0.39 is 64.1 Å². The zero-order valence-electron chi connectivity index (χ0n) is 50.8. The Bertz CT molecular complexity index is 3340. The van der Waals surface area contributed by atoms with E-state index in [0.29, 0.717) is 76.9 Å². The van der Waals surface area contributed by atoms with Gasteiger partial charge in [0.25, 0.3) is 5.91 Å². The number of nitrogens with one attached hydrogen (secondary N) is 5. The zero-order valence-corrected chi connectivity index (χ0v) is 51.6. The number of likely N-dealkylation sites (tertiary alicyclic amines) is 1. The number of carbonyl (C=O) groups excluding carboxylic acids is 6. The fourth-order valence-electron chi connectivity index (χ4n) is 11.3. The van der Waals surface area contributed by atoms with Crippen molar-refractivity contribution < 1.29 is 51.4 Å². The summed E-state index contributed by atoms with van der Waals surface area (Å²) in [5.41, 5.74) is 1.21. The van der Waals surface area contributed by atoms with E-state index in [1.54, 1.807) is 21.7 Å². The molecule has 6 N–H and O–H groups in total. The number of halogens is 4. The van der Waals surface area contributed by atoms with Gasteiger partial charge in [0, 0.05) is 132 Å². The van der Waals surface area contributed by atoms with Crippen molar-refractivity contribution in [3.63, 3.8) is 0 Å². The molecular formula is C62H79F4N13O8S. The molecule has 0 radical (unpaired) electrons. The number of piperazine rings is 2. The van der Waals surface area contributed by atoms with Gasteiger partial charge in [-0.05, 0) is 69.3 Å². The molecule has 0 spiro atoms. The number of amides is 6. The highest BCUT2D eigenvalue weighted by atomic mass is 32.1. The van der Waals surface area contributed by atoms with E-state index >= 15 is 4.39 Å². The maximum absolute atomic E-state index is 16.2. The SMILES string of the molecule is Cc1ncsc1-c1ccc(CNC(=O)[C@@H]2C[C@@H](O)CN2C(=O)C(NC(=O)CCCCCCCNC(=O)CCC(=O)N2CCN(c3ncc(-c4cc(NC(=O)c5c[nH]c(=O)cc5C(F)(F)F)c(N5C[C@@H](C)N(C)[C@@H](C)C5)cc4F)cn3)CC2)C(C)(C)C)cc1. The number of aromatic nitrogens is 4. The van der Waals surface area contributed by atoms with Gasteiger partial charge >= 0.3 is 6.18 Å². The third-order valence-corrected chi connectivity index (χ3v) is 17.5. The molecule has 8 rings (SSSR count). The molecule has 474 valence electrons. The number of aliphatic hydroxyl groups is 1. The molecule has 88 heavy (non-hydrogen) atoms. The lowest BCUT2D eigenvalue weighted by atomic mass is 9.85. The van der Waals surface area contributed by atoms with Crippen molar-refractivity contribution in [1.29, 1.82) is 0 Å². The first-order chi connectivity index (χ1) is 41.7. The van der Waals surface area contributed by atoms with Gasteiger partial charge in [-0.1, -0.05) is 64.3 Å². The Morgan fingerprint density at radius 2 is 1.48 bits per heavy atom. The first-order valence-electron chi connectivity index (χ1n) is 29.8. The lowest BCUT2D eigenvalue weighted by Crippen LogP contribution is -2.57. The number of thiazole rings is 1. The lowest BCUT2D eigenvalue weighted by molar-refractivity contribution is -0.144. The average molecular weight is 1240 g/mol. The number of nitrogens with zero attached hydrogens (tertiary/aromatic N) is 8. The summed E-state index contributed by atoms with van der Waals surface area (Å²) < 4.78 is 58.2. The van der Waals surface area contributed by atoms with E-state index in [9.17, 15) is 51.8 Å². The minimum atomic E-state index is -5.01. The van der Waals surface area contributed by atoms with Gasteiger partial charge in [-0.3, -0.25) is 38.5 Å². The van der Waals surface area contributed by atoms with Crippen molar-refractivity contribution in [2.45, 2.75) is 142 Å². The molecule has 5 aromatic rings. The molecule has 26 heteroatoms. The normalized spacial score (nSPS) is 18.7. The van der Waals surface area contributed by atoms with Gasteiger partial charge in [0.1, 0.15) is 17.9 Å². The van der Waals surface area contributed by atoms with Crippen LogP contribution in [0.15, 0.2) is 71.4 Å². The Morgan fingerprint density at radius 1 is 0.807 bits per heavy atom. The van der Waals surface area contributed by atoms with Crippen LogP contribution in [0.3, 0.4) is 0 Å². The van der Waals surface area contributed by atoms with Crippen LogP contribution in [0.2, 0.25) is 0 Å². The standard InChI is InChI=1S/C62H79F4N13O8S/c1-37-33-78(34-38(2)75(37)7)49-28-47(63)44(26-48(49)73-57(85)45-32-68-53(83)27-46(45)62(64,65)66)42-30-70-60(71-31-42)77-23-21-76(22-24-77)54(84)19-18-51(81)67-20-12-10-8-9-11-13-52(82)74-56(61(4,5)6)59(87)79-35-43(80)25-50(79)58(86)69-29-40-14-16-41(17-15-40)55-39(3)72-36-88-55/h14-17,26-28,30-32,36-38,43,50,56,80H,8-13,18-25,29,33-35H2,1-7H3,(H,67,81)(H,68,83)(H,69,86)(H,73,85)(H,74,82)/t37-,38+,43-,50+,56?/m1/s1. The summed E-state index contributed by atoms with van der Waals surface area (Å²) in [7, 11) is 1.96. The lowest BCUT2D eigenvalue weighted by Gasteiger charge is -2.44. The number of β-amino-alcohol motifs (C(OH)–C–C–N with tert-alkyl or cyclic N) is 1. The van der Waals surface area contributed by atoms with Crippen molar-refractivity contribution >= 4 is 64.1 Å². The fraction of sp³-hybridized carbons (Fsp3) is 0.516. The maximum atomic E-state index is 16.2. The van der Waals surface area contributed by atoms with E-state index in [-0.39, 0.29) is 97.0 Å². The molecule has 6 heterocycles. The Balaban J connectivity index is 0.731. The molecular weight excluding hydrogens is 1160 g/mol. The van der Waals surface area contributed by atoms with Gasteiger partial charge in [-0.2, -0.15) is 13.2 Å². The third-order valence-electron chi connectivity index (χ3n) is 16.6. The van der Waals surface area contributed by atoms with Crippen molar-refractivity contribution in [1.82, 2.24) is 50.6 Å². The Labute approximate surface area is 513 Å². The first kappa shape index (κ1) is 66.1. The second-order valence-electron chi connectivity index (χ2n) is 24.1. The van der Waals surface area contributed by atoms with Crippen LogP contribution < -0.4 is 36.6 Å². The van der Waals surface area contributed by atoms with Crippen LogP contribution in [0.5, 0.6) is 0 Å². The van der Waals surface area contributed by atoms with Crippen molar-refractivity contribution in [3.8, 4) is 21.6 Å². The number of aromatic amines is 1. The summed E-state index contributed by atoms with van der Waals surface area (Å²) in [5.74, 6) is -3.03. The molecule has 0 aliphatic carbocycles. The zero-order chi connectivity index (χ0) is 63.6. The molecule has 0 bridgehead atoms. The first-order valence-corrected chi connectivity index (χ1v) is 30.7. The largest absolute Gasteiger partial charge is 0.417 e. The summed E-state index contributed by atoms with van der Waals surface area (Å²) >= 11 is 1.56. The number of carbonyl (C=O) groups is 6. The summed E-state index contributed by atoms with van der Waals surface area (Å²) in [4.78, 5) is 117. The summed E-state index contributed by atoms with van der Waals surface area (Å²) in [6, 6.07) is 8.91. The highest BCUT2D eigenvalue weighted by Crippen LogP contribution is 2.38. The number of likely N-dealkylation sites (N-methyl/N-ethyl adjacent to an activating group) is 1. The summed E-state index contributed by atoms with van der Waals surface area (Å²) in [5, 5.41) is 21.9. The second-order valence-corrected chi connectivity index (χ2v) is 25.0. The fourth-order valence-corrected chi connectivity index (χ4v) is 12.1. The Morgan fingerprint density at radius 3 is 2.12 bits per heavy atom. The monoisotopic (exact) mass is 1240 g/mol. The average Bonchev–Trinajstić information content (AvgIpc) is 1.93. The van der Waals surface area contributed by atoms with E-state index in [4.69, 9.17) is 0 Å². The Kier molecular flexibility index (Phi) is 21.8. The molecule has 0 saturated carbocycles. The number of pyridine rings is 1. The van der Waals surface area contributed by atoms with Gasteiger partial charge in [-0.25, -0.2) is 19.3 Å². The number of H-pyrrole nitrogens is 1. The van der Waals surface area contributed by atoms with Gasteiger partial charge in [0.15, 0.2) is 0 Å². The molecule has 3 aliphatic heterocycles. The molecule has 3 aromatic heterocycles. The number of aryl methyl sites for hydroxylation is 1. The van der Waals surface area contributed by atoms with Crippen LogP contribution in [0.4, 0.5) is 34.9 Å². The minimum absolute atomic E-state index is 0.0137. The number of hydrogen-bond acceptors (Lipinski definition) is 15. The molecule has 6 amide bonds. The van der Waals surface area contributed by atoms with E-state index in [1.807, 2.05) is 82.7 Å². The molecule has 2 aromatic carbocycles. The van der Waals surface area contributed by atoms with Crippen LogP contribution in [0.1, 0.15) is 120 Å². The second kappa shape index (κ2) is 29.0. The number of benzene rings is 2. The van der Waals surface area contributed by atoms with Gasteiger partial charge in [0.05, 0.1) is 44.7 Å². The van der Waals surface area contributed by atoms with Crippen molar-refractivity contribution in [2.24, 2.45) is 5.41 Å². The minimum Gasteiger partial charge on any atom is -0.391 e. The molecule has 3 fully saturated rings. The number of rotatable bonds is 22. The van der Waals surface area contributed by atoms with Gasteiger partial charge < -0.3 is 51.0 Å². The number of alkyl halides is 3. The molecule has 3 aliphatic rings. The number of anilines is 3. The van der Waals surface area contributed by atoms with Gasteiger partial charge in [0.2, 0.25) is 41.0 Å². The molecule has 5 atom stereocenters. The third kappa shape index (κ3) is 16.9. The van der Waals surface area contributed by atoms with E-state index in [2.05, 4.69) is 46.1 Å². The predicted molar refractivity (Wildman–Crippen MR) is 327 cm³/mol.